The van der Waals surface area contributed by atoms with Crippen LogP contribution < -0.4 is 28.6 Å². The molecule has 0 atom stereocenters. The third kappa shape index (κ3) is 6.71. The summed E-state index contributed by atoms with van der Waals surface area (Å²) >= 11 is 0. The van der Waals surface area contributed by atoms with Gasteiger partial charge in [-0.1, -0.05) is 6.07 Å². The van der Waals surface area contributed by atoms with Crippen LogP contribution in [0.2, 0.25) is 0 Å². The van der Waals surface area contributed by atoms with Crippen molar-refractivity contribution in [2.45, 2.75) is 11.8 Å². The van der Waals surface area contributed by atoms with Gasteiger partial charge in [-0.3, -0.25) is 9.10 Å². The molecule has 0 saturated heterocycles. The largest absolute Gasteiger partial charge is 0.497 e. The van der Waals surface area contributed by atoms with Crippen molar-refractivity contribution < 1.29 is 41.7 Å². The Bertz CT molecular complexity index is 1440. The number of hydrogen-bond acceptors (Lipinski definition) is 9. The van der Waals surface area contributed by atoms with Gasteiger partial charge in [0.2, 0.25) is 5.91 Å². The van der Waals surface area contributed by atoms with E-state index in [1.165, 1.54) is 64.8 Å². The molecule has 3 aromatic carbocycles. The minimum Gasteiger partial charge on any atom is -0.497 e. The molecule has 0 spiro atoms. The second-order valence-corrected chi connectivity index (χ2v) is 9.78. The van der Waals surface area contributed by atoms with E-state index in [9.17, 15) is 18.0 Å². The number of amides is 1. The Labute approximate surface area is 227 Å². The number of carbonyl (C=O) groups excluding carboxylic acids is 2. The van der Waals surface area contributed by atoms with Crippen molar-refractivity contribution in [3.8, 4) is 23.0 Å². The summed E-state index contributed by atoms with van der Waals surface area (Å²) in [6, 6.07) is 14.8. The molecule has 0 bridgehead atoms. The summed E-state index contributed by atoms with van der Waals surface area (Å²) in [4.78, 5) is 25.2. The van der Waals surface area contributed by atoms with Crippen LogP contribution in [-0.4, -0.2) is 61.9 Å². The van der Waals surface area contributed by atoms with Crippen LogP contribution in [0.4, 0.5) is 11.4 Å². The van der Waals surface area contributed by atoms with E-state index >= 15 is 0 Å². The van der Waals surface area contributed by atoms with Gasteiger partial charge in [0.05, 0.1) is 51.2 Å². The number of nitrogens with one attached hydrogen (secondary N) is 1. The summed E-state index contributed by atoms with van der Waals surface area (Å²) < 4.78 is 55.0. The minimum absolute atomic E-state index is 0.0714. The molecule has 1 N–H and O–H groups in total. The Morgan fingerprint density at radius 2 is 1.51 bits per heavy atom. The molecule has 3 aromatic rings. The van der Waals surface area contributed by atoms with E-state index in [-0.39, 0.29) is 39.9 Å². The van der Waals surface area contributed by atoms with E-state index in [1.807, 2.05) is 0 Å². The van der Waals surface area contributed by atoms with Gasteiger partial charge >= 0.3 is 5.97 Å². The Morgan fingerprint density at radius 3 is 2.15 bits per heavy atom. The highest BCUT2D eigenvalue weighted by Crippen LogP contribution is 2.37. The number of nitrogens with zero attached hydrogens (tertiary/aromatic N) is 1. The van der Waals surface area contributed by atoms with Crippen LogP contribution in [0.3, 0.4) is 0 Å². The van der Waals surface area contributed by atoms with Crippen LogP contribution in [-0.2, 0) is 19.6 Å². The predicted molar refractivity (Wildman–Crippen MR) is 145 cm³/mol. The van der Waals surface area contributed by atoms with Gasteiger partial charge in [-0.15, -0.1) is 0 Å². The highest BCUT2D eigenvalue weighted by atomic mass is 32.2. The summed E-state index contributed by atoms with van der Waals surface area (Å²) in [5.74, 6) is -0.160. The molecule has 0 fully saturated rings. The second kappa shape index (κ2) is 12.9. The lowest BCUT2D eigenvalue weighted by Gasteiger charge is -2.26. The number of sulfonamides is 1. The van der Waals surface area contributed by atoms with Gasteiger partial charge in [0.25, 0.3) is 10.0 Å². The maximum atomic E-state index is 14.0. The highest BCUT2D eigenvalue weighted by Gasteiger charge is 2.31. The molecule has 208 valence electrons. The van der Waals surface area contributed by atoms with Gasteiger partial charge in [0.15, 0.2) is 11.5 Å². The smallest absolute Gasteiger partial charge is 0.338 e. The van der Waals surface area contributed by atoms with Crippen molar-refractivity contribution in [1.29, 1.82) is 0 Å². The summed E-state index contributed by atoms with van der Waals surface area (Å²) in [7, 11) is 1.27. The SMILES string of the molecule is CCOC(=O)c1cccc(NC(=O)CN(c2cc(OC)ccc2OC)S(=O)(=O)c2ccc(OC)c(OC)c2)c1. The third-order valence-electron chi connectivity index (χ3n) is 5.54. The number of anilines is 2. The molecule has 0 saturated carbocycles. The van der Waals surface area contributed by atoms with E-state index in [0.29, 0.717) is 11.5 Å². The van der Waals surface area contributed by atoms with E-state index in [2.05, 4.69) is 5.32 Å². The highest BCUT2D eigenvalue weighted by molar-refractivity contribution is 7.92. The number of rotatable bonds is 12. The Balaban J connectivity index is 2.05. The van der Waals surface area contributed by atoms with Gasteiger partial charge in [-0.05, 0) is 49.4 Å². The molecule has 0 aliphatic rings. The van der Waals surface area contributed by atoms with E-state index < -0.39 is 28.4 Å². The van der Waals surface area contributed by atoms with Crippen LogP contribution >= 0.6 is 0 Å². The molecule has 0 aromatic heterocycles. The number of esters is 1. The average molecular weight is 559 g/mol. The zero-order valence-electron chi connectivity index (χ0n) is 22.2. The predicted octanol–water partition coefficient (Wildman–Crippen LogP) is 3.73. The van der Waals surface area contributed by atoms with Crippen molar-refractivity contribution in [3.63, 3.8) is 0 Å². The van der Waals surface area contributed by atoms with Gasteiger partial charge in [0.1, 0.15) is 18.0 Å². The van der Waals surface area contributed by atoms with Crippen LogP contribution in [0.25, 0.3) is 0 Å². The fourth-order valence-corrected chi connectivity index (χ4v) is 5.10. The lowest BCUT2D eigenvalue weighted by atomic mass is 10.2. The van der Waals surface area contributed by atoms with Crippen LogP contribution in [0.5, 0.6) is 23.0 Å². The first-order valence-electron chi connectivity index (χ1n) is 11.7. The monoisotopic (exact) mass is 558 g/mol. The Hall–Kier alpha value is -4.45. The van der Waals surface area contributed by atoms with Gasteiger partial charge < -0.3 is 29.0 Å². The molecule has 0 aliphatic heterocycles. The lowest BCUT2D eigenvalue weighted by Crippen LogP contribution is -2.38. The minimum atomic E-state index is -4.36. The number of benzene rings is 3. The first-order valence-corrected chi connectivity index (χ1v) is 13.2. The van der Waals surface area contributed by atoms with Crippen molar-refractivity contribution in [1.82, 2.24) is 0 Å². The Kier molecular flexibility index (Phi) is 9.61. The molecular weight excluding hydrogens is 528 g/mol. The van der Waals surface area contributed by atoms with Crippen molar-refractivity contribution in [3.05, 3.63) is 66.2 Å². The van der Waals surface area contributed by atoms with Crippen LogP contribution in [0.1, 0.15) is 17.3 Å². The lowest BCUT2D eigenvalue weighted by molar-refractivity contribution is -0.114. The fraction of sp³-hybridized carbons (Fsp3) is 0.259. The zero-order chi connectivity index (χ0) is 28.6. The molecule has 3 rings (SSSR count). The molecule has 1 amide bonds. The zero-order valence-corrected chi connectivity index (χ0v) is 23.0. The van der Waals surface area contributed by atoms with Crippen molar-refractivity contribution >= 4 is 33.3 Å². The molecular formula is C27H30N2O9S. The topological polar surface area (TPSA) is 130 Å². The Morgan fingerprint density at radius 1 is 0.821 bits per heavy atom. The summed E-state index contributed by atoms with van der Waals surface area (Å²) in [5.41, 5.74) is 0.590. The molecule has 0 heterocycles. The molecule has 0 aliphatic carbocycles. The molecule has 11 nitrogen and oxygen atoms in total. The average Bonchev–Trinajstić information content (AvgIpc) is 2.95. The number of hydrogen-bond donors (Lipinski definition) is 1. The van der Waals surface area contributed by atoms with Crippen molar-refractivity contribution in [2.24, 2.45) is 0 Å². The molecule has 0 radical (unpaired) electrons. The normalized spacial score (nSPS) is 10.8. The molecule has 39 heavy (non-hydrogen) atoms. The molecule has 12 heteroatoms. The van der Waals surface area contributed by atoms with E-state index in [4.69, 9.17) is 23.7 Å². The maximum Gasteiger partial charge on any atom is 0.338 e. The van der Waals surface area contributed by atoms with Crippen LogP contribution in [0, 0.1) is 0 Å². The van der Waals surface area contributed by atoms with Gasteiger partial charge in [0, 0.05) is 17.8 Å². The number of methoxy groups -OCH3 is 4. The third-order valence-corrected chi connectivity index (χ3v) is 7.30. The molecule has 0 unspecified atom stereocenters. The number of ether oxygens (including phenoxy) is 5. The second-order valence-electron chi connectivity index (χ2n) is 7.92. The summed E-state index contributed by atoms with van der Waals surface area (Å²) in [5, 5.41) is 2.64. The first kappa shape index (κ1) is 29.1. The van der Waals surface area contributed by atoms with Crippen LogP contribution in [0.15, 0.2) is 65.6 Å². The standard InChI is InChI=1S/C27H30N2O9S/c1-6-38-27(31)18-8-7-9-19(14-18)28-26(30)17-29(22-15-20(34-2)10-12-23(22)35-3)39(32,33)21-11-13-24(36-4)25(16-21)37-5/h7-16H,6,17H2,1-5H3,(H,28,30). The van der Waals surface area contributed by atoms with Gasteiger partial charge in [-0.2, -0.15) is 0 Å². The van der Waals surface area contributed by atoms with Gasteiger partial charge in [-0.25, -0.2) is 13.2 Å². The van der Waals surface area contributed by atoms with Crippen molar-refractivity contribution in [2.75, 3.05) is 51.2 Å². The maximum absolute atomic E-state index is 14.0. The summed E-state index contributed by atoms with van der Waals surface area (Å²) in [6.45, 7) is 1.24. The van der Waals surface area contributed by atoms with E-state index in [0.717, 1.165) is 4.31 Å². The fourth-order valence-electron chi connectivity index (χ4n) is 3.66. The summed E-state index contributed by atoms with van der Waals surface area (Å²) in [6.07, 6.45) is 0. The first-order chi connectivity index (χ1) is 18.7. The number of carbonyl (C=O) groups is 2. The van der Waals surface area contributed by atoms with E-state index in [1.54, 1.807) is 31.2 Å². The quantitative estimate of drug-likeness (QED) is 0.331.